The average molecular weight is 374 g/mol. The molecule has 0 spiro atoms. The Balaban J connectivity index is 1.72. The van der Waals surface area contributed by atoms with Crippen LogP contribution in [-0.2, 0) is 20.9 Å². The molecule has 0 radical (unpaired) electrons. The van der Waals surface area contributed by atoms with Crippen LogP contribution in [0.1, 0.15) is 28.6 Å². The fourth-order valence-corrected chi connectivity index (χ4v) is 3.19. The van der Waals surface area contributed by atoms with Crippen molar-refractivity contribution in [1.29, 1.82) is 5.26 Å². The number of nitrogens with zero attached hydrogens (tertiary/aromatic N) is 2. The van der Waals surface area contributed by atoms with Crippen LogP contribution >= 0.6 is 0 Å². The van der Waals surface area contributed by atoms with E-state index in [9.17, 15) is 19.6 Å². The molecule has 3 heterocycles. The summed E-state index contributed by atoms with van der Waals surface area (Å²) in [4.78, 5) is 37.1. The summed E-state index contributed by atoms with van der Waals surface area (Å²) in [5.74, 6) is -0.576. The number of hydrogen-bond donors (Lipinski definition) is 0. The molecule has 2 aliphatic rings. The van der Waals surface area contributed by atoms with Gasteiger partial charge in [-0.3, -0.25) is 14.5 Å². The number of nitriles is 1. The third-order valence-electron chi connectivity index (χ3n) is 4.83. The maximum Gasteiger partial charge on any atom is 0.338 e. The molecule has 0 unspecified atom stereocenters. The Kier molecular flexibility index (Phi) is 3.97. The SMILES string of the molecule is CC1=C(C#N)C(=O)N(C)C(=O)/C1=C\c1ccc(-c2ccc3c(c2)C(=O)OC3)o1. The topological polar surface area (TPSA) is 101 Å². The van der Waals surface area contributed by atoms with Crippen LogP contribution < -0.4 is 0 Å². The quantitative estimate of drug-likeness (QED) is 0.455. The first-order valence-electron chi connectivity index (χ1n) is 8.46. The summed E-state index contributed by atoms with van der Waals surface area (Å²) < 4.78 is 10.8. The number of likely N-dealkylation sites (N-methyl/N-ethyl adjacent to an activating group) is 1. The van der Waals surface area contributed by atoms with Gasteiger partial charge in [0, 0.05) is 23.7 Å². The Labute approximate surface area is 160 Å². The van der Waals surface area contributed by atoms with Gasteiger partial charge in [0.1, 0.15) is 29.8 Å². The third-order valence-corrected chi connectivity index (χ3v) is 4.83. The number of rotatable bonds is 2. The number of carbonyl (C=O) groups is 3. The van der Waals surface area contributed by atoms with Crippen LogP contribution in [0.15, 0.2) is 51.5 Å². The van der Waals surface area contributed by atoms with E-state index in [0.29, 0.717) is 28.2 Å². The lowest BCUT2D eigenvalue weighted by Crippen LogP contribution is -2.39. The Morgan fingerprint density at radius 3 is 2.68 bits per heavy atom. The molecule has 0 N–H and O–H groups in total. The van der Waals surface area contributed by atoms with Crippen LogP contribution in [0.2, 0.25) is 0 Å². The zero-order valence-electron chi connectivity index (χ0n) is 15.1. The number of amides is 2. The van der Waals surface area contributed by atoms with Crippen molar-refractivity contribution in [3.63, 3.8) is 0 Å². The van der Waals surface area contributed by atoms with Gasteiger partial charge in [-0.15, -0.1) is 0 Å². The molecule has 0 bridgehead atoms. The molecule has 28 heavy (non-hydrogen) atoms. The number of fused-ring (bicyclic) bond motifs is 1. The molecule has 138 valence electrons. The largest absolute Gasteiger partial charge is 0.457 e. The van der Waals surface area contributed by atoms with E-state index in [1.54, 1.807) is 25.1 Å². The van der Waals surface area contributed by atoms with Gasteiger partial charge in [0.2, 0.25) is 0 Å². The number of esters is 1. The molecule has 0 atom stereocenters. The van der Waals surface area contributed by atoms with E-state index in [1.807, 2.05) is 18.2 Å². The summed E-state index contributed by atoms with van der Waals surface area (Å²) >= 11 is 0. The second-order valence-corrected chi connectivity index (χ2v) is 6.49. The van der Waals surface area contributed by atoms with Crippen molar-refractivity contribution in [1.82, 2.24) is 4.90 Å². The number of ether oxygens (including phenoxy) is 1. The lowest BCUT2D eigenvalue weighted by molar-refractivity contribution is -0.138. The zero-order chi connectivity index (χ0) is 20.0. The van der Waals surface area contributed by atoms with Gasteiger partial charge >= 0.3 is 5.97 Å². The maximum absolute atomic E-state index is 12.5. The van der Waals surface area contributed by atoms with Crippen molar-refractivity contribution in [2.75, 3.05) is 7.05 Å². The number of cyclic esters (lactones) is 1. The molecule has 0 fully saturated rings. The molecule has 2 amide bonds. The molecule has 2 aromatic rings. The first-order chi connectivity index (χ1) is 13.4. The predicted molar refractivity (Wildman–Crippen MR) is 97.3 cm³/mol. The van der Waals surface area contributed by atoms with Gasteiger partial charge in [0.15, 0.2) is 0 Å². The van der Waals surface area contributed by atoms with E-state index in [4.69, 9.17) is 9.15 Å². The summed E-state index contributed by atoms with van der Waals surface area (Å²) in [6.07, 6.45) is 1.50. The van der Waals surface area contributed by atoms with Crippen LogP contribution in [-0.4, -0.2) is 29.7 Å². The maximum atomic E-state index is 12.5. The van der Waals surface area contributed by atoms with Crippen molar-refractivity contribution in [3.05, 3.63) is 63.9 Å². The molecule has 7 nitrogen and oxygen atoms in total. The van der Waals surface area contributed by atoms with Gasteiger partial charge < -0.3 is 9.15 Å². The van der Waals surface area contributed by atoms with Crippen LogP contribution in [0.4, 0.5) is 0 Å². The third kappa shape index (κ3) is 2.63. The van der Waals surface area contributed by atoms with Crippen LogP contribution in [0.25, 0.3) is 17.4 Å². The molecule has 2 aliphatic heterocycles. The lowest BCUT2D eigenvalue weighted by Gasteiger charge is -2.23. The van der Waals surface area contributed by atoms with E-state index < -0.39 is 11.8 Å². The fourth-order valence-electron chi connectivity index (χ4n) is 3.19. The number of imide groups is 1. The van der Waals surface area contributed by atoms with E-state index in [-0.39, 0.29) is 23.7 Å². The monoisotopic (exact) mass is 374 g/mol. The summed E-state index contributed by atoms with van der Waals surface area (Å²) in [7, 11) is 1.33. The molecule has 4 rings (SSSR count). The lowest BCUT2D eigenvalue weighted by atomic mass is 9.95. The summed E-state index contributed by atoms with van der Waals surface area (Å²) in [6.45, 7) is 1.83. The van der Waals surface area contributed by atoms with Crippen LogP contribution in [0, 0.1) is 11.3 Å². The van der Waals surface area contributed by atoms with E-state index in [0.717, 1.165) is 10.5 Å². The van der Waals surface area contributed by atoms with E-state index in [2.05, 4.69) is 0 Å². The second-order valence-electron chi connectivity index (χ2n) is 6.49. The summed E-state index contributed by atoms with van der Waals surface area (Å²) in [5, 5.41) is 9.22. The molecule has 1 aromatic carbocycles. The molecule has 0 aliphatic carbocycles. The molecule has 0 saturated heterocycles. The first kappa shape index (κ1) is 17.5. The number of hydrogen-bond acceptors (Lipinski definition) is 6. The van der Waals surface area contributed by atoms with Crippen LogP contribution in [0.5, 0.6) is 0 Å². The van der Waals surface area contributed by atoms with E-state index in [1.165, 1.54) is 13.1 Å². The minimum Gasteiger partial charge on any atom is -0.457 e. The molecule has 7 heteroatoms. The minimum absolute atomic E-state index is 0.0720. The zero-order valence-corrected chi connectivity index (χ0v) is 15.1. The number of furan rings is 1. The van der Waals surface area contributed by atoms with Gasteiger partial charge in [-0.2, -0.15) is 5.26 Å². The van der Waals surface area contributed by atoms with Gasteiger partial charge in [0.25, 0.3) is 11.8 Å². The fraction of sp³-hybridized carbons (Fsp3) is 0.143. The highest BCUT2D eigenvalue weighted by Crippen LogP contribution is 2.30. The van der Waals surface area contributed by atoms with Crippen molar-refractivity contribution in [2.24, 2.45) is 0 Å². The van der Waals surface area contributed by atoms with E-state index >= 15 is 0 Å². The Morgan fingerprint density at radius 1 is 1.14 bits per heavy atom. The van der Waals surface area contributed by atoms with Gasteiger partial charge in [-0.05, 0) is 36.8 Å². The molecular weight excluding hydrogens is 360 g/mol. The number of benzene rings is 1. The van der Waals surface area contributed by atoms with Gasteiger partial charge in [0.05, 0.1) is 5.56 Å². The number of carbonyl (C=O) groups excluding carboxylic acids is 3. The van der Waals surface area contributed by atoms with Crippen molar-refractivity contribution < 1.29 is 23.5 Å². The highest BCUT2D eigenvalue weighted by molar-refractivity contribution is 6.19. The van der Waals surface area contributed by atoms with Gasteiger partial charge in [-0.1, -0.05) is 12.1 Å². The van der Waals surface area contributed by atoms with Crippen LogP contribution in [0.3, 0.4) is 0 Å². The highest BCUT2D eigenvalue weighted by Gasteiger charge is 2.33. The Morgan fingerprint density at radius 2 is 1.93 bits per heavy atom. The predicted octanol–water partition coefficient (Wildman–Crippen LogP) is 2.84. The normalized spacial score (nSPS) is 17.8. The highest BCUT2D eigenvalue weighted by atomic mass is 16.5. The summed E-state index contributed by atoms with van der Waals surface area (Å²) in [6, 6.07) is 10.6. The Hall–Kier alpha value is -3.92. The summed E-state index contributed by atoms with van der Waals surface area (Å²) in [5.41, 5.74) is 2.50. The molecule has 0 saturated carbocycles. The standard InChI is InChI=1S/C21H14N2O5/c1-11-15(19(24)23(2)20(25)17(11)9-22)8-14-5-6-18(28-14)12-3-4-13-10-27-21(26)16(13)7-12/h3-8H,10H2,1-2H3/b15-8-. The molecule has 1 aromatic heterocycles. The second kappa shape index (κ2) is 6.35. The Bertz CT molecular complexity index is 1160. The van der Waals surface area contributed by atoms with Crippen molar-refractivity contribution in [3.8, 4) is 17.4 Å². The van der Waals surface area contributed by atoms with Crippen molar-refractivity contribution >= 4 is 23.9 Å². The minimum atomic E-state index is -0.618. The first-order valence-corrected chi connectivity index (χ1v) is 8.46. The van der Waals surface area contributed by atoms with Gasteiger partial charge in [-0.25, -0.2) is 4.79 Å². The van der Waals surface area contributed by atoms with Crippen molar-refractivity contribution in [2.45, 2.75) is 13.5 Å². The average Bonchev–Trinajstić information content (AvgIpc) is 3.31. The smallest absolute Gasteiger partial charge is 0.338 e. The molecular formula is C21H14N2O5.